The Balaban J connectivity index is 1.90. The second-order valence-corrected chi connectivity index (χ2v) is 10.9. The molecule has 0 heterocycles. The fourth-order valence-electron chi connectivity index (χ4n) is 7.29. The number of Topliss-reactive ketones (excluding diaryl/α,β-unsaturated/α-hetero) is 2. The van der Waals surface area contributed by atoms with Crippen molar-refractivity contribution in [2.24, 2.45) is 10.8 Å². The number of aliphatic hydroxyl groups is 6. The minimum Gasteiger partial charge on any atom is -0.383 e. The summed E-state index contributed by atoms with van der Waals surface area (Å²) in [6.07, 6.45) is 0. The molecule has 0 aromatic heterocycles. The van der Waals surface area contributed by atoms with Crippen LogP contribution in [-0.4, -0.2) is 75.8 Å². The second kappa shape index (κ2) is 5.84. The van der Waals surface area contributed by atoms with E-state index in [1.807, 2.05) is 0 Å². The van der Waals surface area contributed by atoms with Gasteiger partial charge in [-0.15, -0.1) is 0 Å². The second-order valence-electron chi connectivity index (χ2n) is 10.9. The maximum Gasteiger partial charge on any atom is 0.201 e. The van der Waals surface area contributed by atoms with E-state index in [2.05, 4.69) is 0 Å². The molecule has 6 atom stereocenters. The number of benzene rings is 2. The maximum absolute atomic E-state index is 13.9. The van der Waals surface area contributed by atoms with Gasteiger partial charge in [0.05, 0.1) is 0 Å². The quantitative estimate of drug-likeness (QED) is 0.349. The van der Waals surface area contributed by atoms with Crippen LogP contribution >= 0.6 is 0 Å². The molecule has 6 unspecified atom stereocenters. The number of ketones is 2. The third-order valence-electron chi connectivity index (χ3n) is 9.36. The van der Waals surface area contributed by atoms with E-state index >= 15 is 0 Å². The van der Waals surface area contributed by atoms with E-state index in [-0.39, 0.29) is 11.1 Å². The van der Waals surface area contributed by atoms with Crippen molar-refractivity contribution in [3.8, 4) is 0 Å². The third-order valence-corrected chi connectivity index (χ3v) is 9.36. The smallest absolute Gasteiger partial charge is 0.201 e. The van der Waals surface area contributed by atoms with Gasteiger partial charge in [0.15, 0.2) is 11.2 Å². The number of hydrogen-bond acceptors (Lipinski definition) is 8. The van der Waals surface area contributed by atoms with Crippen LogP contribution in [0.4, 0.5) is 0 Å². The van der Waals surface area contributed by atoms with Crippen molar-refractivity contribution < 1.29 is 40.2 Å². The van der Waals surface area contributed by atoms with Crippen molar-refractivity contribution in [3.63, 3.8) is 0 Å². The van der Waals surface area contributed by atoms with E-state index in [0.29, 0.717) is 0 Å². The molecule has 6 N–H and O–H groups in total. The molecule has 3 aliphatic rings. The Kier molecular flexibility index (Phi) is 4.00. The zero-order chi connectivity index (χ0) is 25.4. The Hall–Kier alpha value is -2.46. The summed E-state index contributed by atoms with van der Waals surface area (Å²) < 4.78 is 0. The van der Waals surface area contributed by atoms with Gasteiger partial charge in [-0.1, -0.05) is 88.4 Å². The monoisotopic (exact) mass is 468 g/mol. The molecular weight excluding hydrogens is 440 g/mol. The van der Waals surface area contributed by atoms with Crippen molar-refractivity contribution in [2.45, 2.75) is 61.3 Å². The van der Waals surface area contributed by atoms with Crippen LogP contribution in [0.5, 0.6) is 0 Å². The van der Waals surface area contributed by atoms with Crippen LogP contribution < -0.4 is 0 Å². The molecule has 0 aliphatic heterocycles. The third kappa shape index (κ3) is 1.68. The van der Waals surface area contributed by atoms with Crippen molar-refractivity contribution in [1.29, 1.82) is 0 Å². The first-order valence-electron chi connectivity index (χ1n) is 11.1. The minimum absolute atomic E-state index is 0.171. The van der Waals surface area contributed by atoms with Gasteiger partial charge in [-0.05, 0) is 0 Å². The average molecular weight is 469 g/mol. The summed E-state index contributed by atoms with van der Waals surface area (Å²) in [5.41, 5.74) is -22.0. The molecule has 8 nitrogen and oxygen atoms in total. The molecule has 3 saturated carbocycles. The summed E-state index contributed by atoms with van der Waals surface area (Å²) in [6.45, 7) is 5.17. The van der Waals surface area contributed by atoms with Crippen LogP contribution in [0.15, 0.2) is 60.7 Å². The van der Waals surface area contributed by atoms with Crippen LogP contribution in [0.2, 0.25) is 0 Å². The van der Waals surface area contributed by atoms with Crippen molar-refractivity contribution >= 4 is 11.6 Å². The molecule has 0 bridgehead atoms. The van der Waals surface area contributed by atoms with Gasteiger partial charge in [0, 0.05) is 22.0 Å². The average Bonchev–Trinajstić information content (AvgIpc) is 3.40. The van der Waals surface area contributed by atoms with Gasteiger partial charge >= 0.3 is 0 Å². The number of carbonyl (C=O) groups excluding carboxylic acids is 2. The number of fused-ring (bicyclic) bond motifs is 3. The summed E-state index contributed by atoms with van der Waals surface area (Å²) in [4.78, 5) is 27.9. The van der Waals surface area contributed by atoms with Crippen LogP contribution in [0.25, 0.3) is 0 Å². The lowest BCUT2D eigenvalue weighted by molar-refractivity contribution is -0.275. The van der Waals surface area contributed by atoms with Crippen molar-refractivity contribution in [1.82, 2.24) is 0 Å². The molecule has 0 amide bonds. The molecule has 5 rings (SSSR count). The van der Waals surface area contributed by atoms with E-state index in [1.165, 1.54) is 76.2 Å². The van der Waals surface area contributed by atoms with Crippen LogP contribution in [-0.2, 0) is 0 Å². The molecule has 180 valence electrons. The highest BCUT2D eigenvalue weighted by atomic mass is 16.5. The first-order chi connectivity index (χ1) is 15.5. The fraction of sp³-hybridized carbons (Fsp3) is 0.462. The Bertz CT molecular complexity index is 1140. The molecular formula is C26H28O8. The number of rotatable bonds is 4. The molecule has 34 heavy (non-hydrogen) atoms. The van der Waals surface area contributed by atoms with E-state index < -0.39 is 56.0 Å². The predicted molar refractivity (Wildman–Crippen MR) is 119 cm³/mol. The Morgan fingerprint density at radius 2 is 0.765 bits per heavy atom. The predicted octanol–water partition coefficient (Wildman–Crippen LogP) is 0.232. The first kappa shape index (κ1) is 23.3. The molecule has 0 radical (unpaired) electrons. The highest BCUT2D eigenvalue weighted by Gasteiger charge is 3.15. The fourth-order valence-corrected chi connectivity index (χ4v) is 7.29. The summed E-state index contributed by atoms with van der Waals surface area (Å²) in [7, 11) is 0. The summed E-state index contributed by atoms with van der Waals surface area (Å²) in [5, 5.41) is 71.7. The van der Waals surface area contributed by atoms with Gasteiger partial charge in [0.1, 0.15) is 22.4 Å². The van der Waals surface area contributed by atoms with Gasteiger partial charge in [0.2, 0.25) is 11.6 Å². The Morgan fingerprint density at radius 1 is 0.500 bits per heavy atom. The molecule has 2 aromatic carbocycles. The highest BCUT2D eigenvalue weighted by molar-refractivity contribution is 6.16. The zero-order valence-corrected chi connectivity index (χ0v) is 19.3. The molecule has 0 spiro atoms. The highest BCUT2D eigenvalue weighted by Crippen LogP contribution is 2.91. The van der Waals surface area contributed by atoms with E-state index in [9.17, 15) is 40.2 Å². The zero-order valence-electron chi connectivity index (χ0n) is 19.3. The molecule has 3 aliphatic carbocycles. The Morgan fingerprint density at radius 3 is 1.03 bits per heavy atom. The van der Waals surface area contributed by atoms with E-state index in [1.54, 1.807) is 12.1 Å². The standard InChI is InChI=1S/C26H28O8/c1-19(2)23(31)21(29,17(27)15-11-7-5-8-12-15)22(30,18(28)16-13-9-6-10-14-16)24(32)20(3,4)26(24,34)25(19,23)33/h5-14,29-34H,1-4H3. The van der Waals surface area contributed by atoms with Gasteiger partial charge < -0.3 is 30.6 Å². The first-order valence-corrected chi connectivity index (χ1v) is 11.1. The van der Waals surface area contributed by atoms with Gasteiger partial charge in [-0.3, -0.25) is 9.59 Å². The summed E-state index contributed by atoms with van der Waals surface area (Å²) >= 11 is 0. The lowest BCUT2D eigenvalue weighted by Crippen LogP contribution is -2.83. The lowest BCUT2D eigenvalue weighted by Gasteiger charge is -2.52. The number of hydrogen-bond donors (Lipinski definition) is 6. The SMILES string of the molecule is CC1(C)C2(O)C(O)(C(=O)c3ccccc3)C(O)(C(=O)c3ccccc3)C3(O)C(C)(C)C3(O)C12O. The lowest BCUT2D eigenvalue weighted by atomic mass is 9.59. The minimum atomic E-state index is -3.44. The van der Waals surface area contributed by atoms with Gasteiger partial charge in [-0.25, -0.2) is 0 Å². The Labute approximate surface area is 196 Å². The molecule has 0 saturated heterocycles. The van der Waals surface area contributed by atoms with Crippen LogP contribution in [0.3, 0.4) is 0 Å². The van der Waals surface area contributed by atoms with Gasteiger partial charge in [-0.2, -0.15) is 0 Å². The van der Waals surface area contributed by atoms with Crippen molar-refractivity contribution in [3.05, 3.63) is 71.8 Å². The van der Waals surface area contributed by atoms with Crippen LogP contribution in [0.1, 0.15) is 48.4 Å². The van der Waals surface area contributed by atoms with Gasteiger partial charge in [0.25, 0.3) is 0 Å². The summed E-state index contributed by atoms with van der Waals surface area (Å²) in [6, 6.07) is 14.4. The van der Waals surface area contributed by atoms with E-state index in [4.69, 9.17) is 0 Å². The molecule has 8 heteroatoms. The number of carbonyl (C=O) groups is 2. The van der Waals surface area contributed by atoms with E-state index in [0.717, 1.165) is 0 Å². The molecule has 2 aromatic rings. The van der Waals surface area contributed by atoms with Crippen molar-refractivity contribution in [2.75, 3.05) is 0 Å². The molecule has 3 fully saturated rings. The largest absolute Gasteiger partial charge is 0.383 e. The maximum atomic E-state index is 13.9. The van der Waals surface area contributed by atoms with Crippen LogP contribution in [0, 0.1) is 10.8 Å². The topological polar surface area (TPSA) is 156 Å². The summed E-state index contributed by atoms with van der Waals surface area (Å²) in [5.74, 6) is -2.55. The normalized spacial score (nSPS) is 45.0.